The molecule has 0 aromatic carbocycles. The average Bonchev–Trinajstić information content (AvgIpc) is 2.44. The molecule has 2 aliphatic rings. The van der Waals surface area contributed by atoms with Crippen molar-refractivity contribution in [3.63, 3.8) is 0 Å². The van der Waals surface area contributed by atoms with E-state index in [0.717, 1.165) is 24.7 Å². The zero-order valence-corrected chi connectivity index (χ0v) is 8.45. The van der Waals surface area contributed by atoms with Gasteiger partial charge in [0.1, 0.15) is 0 Å². The van der Waals surface area contributed by atoms with E-state index in [2.05, 4.69) is 13.8 Å². The fourth-order valence-electron chi connectivity index (χ4n) is 2.16. The molecule has 13 heavy (non-hydrogen) atoms. The van der Waals surface area contributed by atoms with E-state index in [1.165, 1.54) is 0 Å². The van der Waals surface area contributed by atoms with Crippen molar-refractivity contribution >= 4 is 0 Å². The minimum absolute atomic E-state index is 0.133. The first kappa shape index (κ1) is 9.44. The topological polar surface area (TPSA) is 44.5 Å². The van der Waals surface area contributed by atoms with Gasteiger partial charge in [-0.25, -0.2) is 0 Å². The Morgan fingerprint density at radius 2 is 2.15 bits per heavy atom. The maximum Gasteiger partial charge on any atom is 0.169 e. The van der Waals surface area contributed by atoms with E-state index in [-0.39, 0.29) is 11.9 Å². The summed E-state index contributed by atoms with van der Waals surface area (Å²) in [5.74, 6) is 1.28. The first-order valence-electron chi connectivity index (χ1n) is 5.17. The van der Waals surface area contributed by atoms with Crippen LogP contribution in [0.15, 0.2) is 0 Å². The third kappa shape index (κ3) is 1.60. The molecule has 0 amide bonds. The number of ether oxygens (including phenoxy) is 2. The normalized spacial score (nSPS) is 44.3. The summed E-state index contributed by atoms with van der Waals surface area (Å²) in [6.07, 6.45) is 2.25. The molecule has 0 bridgehead atoms. The van der Waals surface area contributed by atoms with Crippen LogP contribution in [0.3, 0.4) is 0 Å². The third-order valence-corrected chi connectivity index (χ3v) is 3.27. The van der Waals surface area contributed by atoms with Crippen LogP contribution in [-0.2, 0) is 9.47 Å². The van der Waals surface area contributed by atoms with E-state index in [1.807, 2.05) is 0 Å². The molecular formula is C10H19NO2. The molecule has 2 N–H and O–H groups in total. The van der Waals surface area contributed by atoms with E-state index >= 15 is 0 Å². The molecule has 1 aliphatic carbocycles. The highest BCUT2D eigenvalue weighted by Crippen LogP contribution is 2.48. The van der Waals surface area contributed by atoms with Gasteiger partial charge in [-0.05, 0) is 11.8 Å². The lowest BCUT2D eigenvalue weighted by Crippen LogP contribution is -2.47. The van der Waals surface area contributed by atoms with Crippen molar-refractivity contribution < 1.29 is 9.47 Å². The summed E-state index contributed by atoms with van der Waals surface area (Å²) in [5.41, 5.74) is 5.52. The van der Waals surface area contributed by atoms with Gasteiger partial charge in [0.15, 0.2) is 5.79 Å². The first-order valence-corrected chi connectivity index (χ1v) is 5.17. The zero-order chi connectivity index (χ0) is 9.47. The zero-order valence-electron chi connectivity index (χ0n) is 8.45. The minimum Gasteiger partial charge on any atom is -0.347 e. The Balaban J connectivity index is 1.84. The van der Waals surface area contributed by atoms with Crippen molar-refractivity contribution in [2.45, 2.75) is 38.6 Å². The molecule has 3 nitrogen and oxygen atoms in total. The Morgan fingerprint density at radius 3 is 2.62 bits per heavy atom. The van der Waals surface area contributed by atoms with Gasteiger partial charge in [-0.3, -0.25) is 0 Å². The quantitative estimate of drug-likeness (QED) is 0.701. The van der Waals surface area contributed by atoms with Gasteiger partial charge in [0.25, 0.3) is 0 Å². The van der Waals surface area contributed by atoms with Crippen LogP contribution < -0.4 is 5.73 Å². The fourth-order valence-corrected chi connectivity index (χ4v) is 2.16. The van der Waals surface area contributed by atoms with Crippen LogP contribution in [0.2, 0.25) is 0 Å². The van der Waals surface area contributed by atoms with Crippen molar-refractivity contribution in [2.75, 3.05) is 13.2 Å². The molecule has 1 unspecified atom stereocenters. The summed E-state index contributed by atoms with van der Waals surface area (Å²) >= 11 is 0. The molecule has 1 aliphatic heterocycles. The highest BCUT2D eigenvalue weighted by Gasteiger charge is 2.52. The predicted octanol–water partition coefficient (Wildman–Crippen LogP) is 1.12. The van der Waals surface area contributed by atoms with Crippen LogP contribution in [0.1, 0.15) is 26.7 Å². The summed E-state index contributed by atoms with van der Waals surface area (Å²) < 4.78 is 11.4. The van der Waals surface area contributed by atoms with Gasteiger partial charge in [0.2, 0.25) is 0 Å². The van der Waals surface area contributed by atoms with Crippen LogP contribution >= 0.6 is 0 Å². The smallest absolute Gasteiger partial charge is 0.169 e. The van der Waals surface area contributed by atoms with Crippen molar-refractivity contribution in [2.24, 2.45) is 17.6 Å². The Hall–Kier alpha value is -0.120. The SMILES string of the molecule is CC(C)C1CC2(C1)OCC(CN)O2. The van der Waals surface area contributed by atoms with Crippen molar-refractivity contribution in [1.82, 2.24) is 0 Å². The van der Waals surface area contributed by atoms with Crippen molar-refractivity contribution in [1.29, 1.82) is 0 Å². The van der Waals surface area contributed by atoms with Crippen LogP contribution in [-0.4, -0.2) is 25.0 Å². The molecule has 2 rings (SSSR count). The molecule has 1 spiro atoms. The first-order chi connectivity index (χ1) is 6.15. The van der Waals surface area contributed by atoms with E-state index < -0.39 is 0 Å². The summed E-state index contributed by atoms with van der Waals surface area (Å²) in [7, 11) is 0. The molecule has 0 radical (unpaired) electrons. The second kappa shape index (κ2) is 3.23. The highest BCUT2D eigenvalue weighted by molar-refractivity contribution is 4.93. The average molecular weight is 185 g/mol. The van der Waals surface area contributed by atoms with E-state index in [9.17, 15) is 0 Å². The molecule has 0 aromatic heterocycles. The number of nitrogens with two attached hydrogens (primary N) is 1. The molecular weight excluding hydrogens is 166 g/mol. The second-order valence-electron chi connectivity index (χ2n) is 4.61. The van der Waals surface area contributed by atoms with E-state index in [0.29, 0.717) is 13.2 Å². The lowest BCUT2D eigenvalue weighted by Gasteiger charge is -2.45. The van der Waals surface area contributed by atoms with Gasteiger partial charge in [-0.2, -0.15) is 0 Å². The number of rotatable bonds is 2. The Morgan fingerprint density at radius 1 is 1.46 bits per heavy atom. The molecule has 2 fully saturated rings. The lowest BCUT2D eigenvalue weighted by molar-refractivity contribution is -0.244. The van der Waals surface area contributed by atoms with Gasteiger partial charge < -0.3 is 15.2 Å². The standard InChI is InChI=1S/C10H19NO2/c1-7(2)8-3-10(4-8)12-6-9(5-11)13-10/h7-9H,3-6,11H2,1-2H3. The van der Waals surface area contributed by atoms with Gasteiger partial charge >= 0.3 is 0 Å². The van der Waals surface area contributed by atoms with Gasteiger partial charge in [-0.1, -0.05) is 13.8 Å². The summed E-state index contributed by atoms with van der Waals surface area (Å²) in [5, 5.41) is 0. The van der Waals surface area contributed by atoms with Crippen LogP contribution in [0.25, 0.3) is 0 Å². The van der Waals surface area contributed by atoms with Gasteiger partial charge in [0.05, 0.1) is 12.7 Å². The monoisotopic (exact) mass is 185 g/mol. The van der Waals surface area contributed by atoms with Crippen LogP contribution in [0, 0.1) is 11.8 Å². The van der Waals surface area contributed by atoms with E-state index in [4.69, 9.17) is 15.2 Å². The molecule has 1 atom stereocenters. The van der Waals surface area contributed by atoms with Crippen LogP contribution in [0.4, 0.5) is 0 Å². The Kier molecular flexibility index (Phi) is 2.34. The highest BCUT2D eigenvalue weighted by atomic mass is 16.7. The van der Waals surface area contributed by atoms with Gasteiger partial charge in [-0.15, -0.1) is 0 Å². The summed E-state index contributed by atoms with van der Waals surface area (Å²) in [6.45, 7) is 5.77. The van der Waals surface area contributed by atoms with Crippen LogP contribution in [0.5, 0.6) is 0 Å². The molecule has 1 saturated heterocycles. The Labute approximate surface area is 79.6 Å². The number of hydrogen-bond donors (Lipinski definition) is 1. The largest absolute Gasteiger partial charge is 0.347 e. The Bertz CT molecular complexity index is 187. The molecule has 76 valence electrons. The molecule has 0 aromatic rings. The molecule has 1 heterocycles. The minimum atomic E-state index is -0.237. The molecule has 1 saturated carbocycles. The number of hydrogen-bond acceptors (Lipinski definition) is 3. The van der Waals surface area contributed by atoms with Gasteiger partial charge in [0, 0.05) is 19.4 Å². The van der Waals surface area contributed by atoms with Crippen molar-refractivity contribution in [3.05, 3.63) is 0 Å². The fraction of sp³-hybridized carbons (Fsp3) is 1.00. The van der Waals surface area contributed by atoms with E-state index in [1.54, 1.807) is 0 Å². The van der Waals surface area contributed by atoms with Crippen molar-refractivity contribution in [3.8, 4) is 0 Å². The maximum absolute atomic E-state index is 5.77. The second-order valence-corrected chi connectivity index (χ2v) is 4.61. The summed E-state index contributed by atoms with van der Waals surface area (Å²) in [6, 6.07) is 0. The lowest BCUT2D eigenvalue weighted by atomic mass is 9.72. The predicted molar refractivity (Wildman–Crippen MR) is 50.2 cm³/mol. The third-order valence-electron chi connectivity index (χ3n) is 3.27. The maximum atomic E-state index is 5.77. The summed E-state index contributed by atoms with van der Waals surface area (Å²) in [4.78, 5) is 0. The molecule has 3 heteroatoms.